The van der Waals surface area contributed by atoms with Crippen molar-refractivity contribution in [2.75, 3.05) is 0 Å². The molecule has 2 aromatic heterocycles. The smallest absolute Gasteiger partial charge is 0.0506 e. The van der Waals surface area contributed by atoms with Crippen molar-refractivity contribution >= 4 is 53.3 Å². The van der Waals surface area contributed by atoms with Gasteiger partial charge in [0.15, 0.2) is 0 Å². The molecule has 0 aliphatic heterocycles. The van der Waals surface area contributed by atoms with Gasteiger partial charge in [-0.3, -0.25) is 0 Å². The van der Waals surface area contributed by atoms with Gasteiger partial charge in [-0.1, -0.05) is 49.7 Å². The van der Waals surface area contributed by atoms with Gasteiger partial charge in [0.25, 0.3) is 0 Å². The fourth-order valence-electron chi connectivity index (χ4n) is 4.16. The Hall–Kier alpha value is -2.32. The van der Waals surface area contributed by atoms with E-state index in [1.807, 2.05) is 11.3 Å². The lowest BCUT2D eigenvalue weighted by Gasteiger charge is -2.07. The molecule has 0 saturated carbocycles. The minimum Gasteiger partial charge on any atom is -0.344 e. The Morgan fingerprint density at radius 3 is 2.48 bits per heavy atom. The third kappa shape index (κ3) is 2.07. The number of unbranched alkanes of at least 4 members (excludes halogenated alkanes) is 1. The summed E-state index contributed by atoms with van der Waals surface area (Å²) in [5.74, 6) is 0. The zero-order chi connectivity index (χ0) is 17.0. The molecule has 2 heteroatoms. The van der Waals surface area contributed by atoms with Gasteiger partial charge in [-0.15, -0.1) is 11.3 Å². The number of thiophene rings is 1. The summed E-state index contributed by atoms with van der Waals surface area (Å²) in [5.41, 5.74) is 4.20. The van der Waals surface area contributed by atoms with Crippen LogP contribution in [0.2, 0.25) is 0 Å². The normalized spacial score (nSPS) is 12.1. The Morgan fingerprint density at radius 2 is 1.64 bits per heavy atom. The summed E-state index contributed by atoms with van der Waals surface area (Å²) in [6.45, 7) is 2.28. The molecule has 25 heavy (non-hydrogen) atoms. The van der Waals surface area contributed by atoms with Crippen molar-refractivity contribution in [3.05, 3.63) is 60.2 Å². The molecule has 3 aromatic carbocycles. The Bertz CT molecular complexity index is 1240. The second kappa shape index (κ2) is 5.60. The highest BCUT2D eigenvalue weighted by Gasteiger charge is 2.17. The molecule has 5 rings (SSSR count). The van der Waals surface area contributed by atoms with E-state index in [0.29, 0.717) is 0 Å². The summed E-state index contributed by atoms with van der Waals surface area (Å²) >= 11 is 1.95. The minimum absolute atomic E-state index is 1.16. The molecular weight excluding hydrogens is 322 g/mol. The molecule has 0 amide bonds. The van der Waals surface area contributed by atoms with Gasteiger partial charge in [0, 0.05) is 43.5 Å². The van der Waals surface area contributed by atoms with E-state index in [9.17, 15) is 0 Å². The van der Waals surface area contributed by atoms with E-state index in [-0.39, 0.29) is 0 Å². The summed E-state index contributed by atoms with van der Waals surface area (Å²) in [6, 6.07) is 20.1. The van der Waals surface area contributed by atoms with Crippen molar-refractivity contribution in [1.29, 1.82) is 0 Å². The summed E-state index contributed by atoms with van der Waals surface area (Å²) in [6.07, 6.45) is 3.64. The largest absolute Gasteiger partial charge is 0.344 e. The lowest BCUT2D eigenvalue weighted by atomic mass is 9.99. The topological polar surface area (TPSA) is 4.93 Å². The van der Waals surface area contributed by atoms with Crippen LogP contribution in [0.25, 0.3) is 42.0 Å². The van der Waals surface area contributed by atoms with Crippen LogP contribution < -0.4 is 0 Å². The van der Waals surface area contributed by atoms with Gasteiger partial charge >= 0.3 is 0 Å². The molecule has 5 aromatic rings. The summed E-state index contributed by atoms with van der Waals surface area (Å²) in [7, 11) is 2.20. The van der Waals surface area contributed by atoms with Gasteiger partial charge in [-0.05, 0) is 36.6 Å². The maximum atomic E-state index is 2.45. The molecule has 0 aliphatic rings. The van der Waals surface area contributed by atoms with E-state index in [1.54, 1.807) is 0 Å². The predicted octanol–water partition coefficient (Wildman–Crippen LogP) is 7.04. The molecular formula is C23H21NS. The monoisotopic (exact) mass is 343 g/mol. The van der Waals surface area contributed by atoms with Crippen molar-refractivity contribution in [1.82, 2.24) is 4.57 Å². The molecule has 0 fully saturated rings. The van der Waals surface area contributed by atoms with Crippen molar-refractivity contribution in [2.24, 2.45) is 7.05 Å². The fourth-order valence-corrected chi connectivity index (χ4v) is 5.47. The van der Waals surface area contributed by atoms with Crippen molar-refractivity contribution < 1.29 is 0 Å². The van der Waals surface area contributed by atoms with E-state index in [2.05, 4.69) is 73.1 Å². The SMILES string of the molecule is CCCCc1cc2c(c3ccccc3n2C)c2sc3ccccc3c12. The maximum Gasteiger partial charge on any atom is 0.0506 e. The zero-order valence-electron chi connectivity index (χ0n) is 14.7. The van der Waals surface area contributed by atoms with Crippen LogP contribution in [0.15, 0.2) is 54.6 Å². The summed E-state index contributed by atoms with van der Waals surface area (Å²) in [4.78, 5) is 0. The molecule has 0 N–H and O–H groups in total. The zero-order valence-corrected chi connectivity index (χ0v) is 15.5. The summed E-state index contributed by atoms with van der Waals surface area (Å²) in [5, 5.41) is 5.70. The van der Waals surface area contributed by atoms with Gasteiger partial charge in [-0.2, -0.15) is 0 Å². The summed E-state index contributed by atoms with van der Waals surface area (Å²) < 4.78 is 5.22. The molecule has 2 heterocycles. The molecule has 0 unspecified atom stereocenters. The quantitative estimate of drug-likeness (QED) is 0.331. The minimum atomic E-state index is 1.16. The molecule has 0 saturated heterocycles. The van der Waals surface area contributed by atoms with Crippen LogP contribution in [0, 0.1) is 0 Å². The highest BCUT2D eigenvalue weighted by Crippen LogP contribution is 2.44. The highest BCUT2D eigenvalue weighted by molar-refractivity contribution is 7.26. The van der Waals surface area contributed by atoms with Crippen LogP contribution >= 0.6 is 11.3 Å². The lowest BCUT2D eigenvalue weighted by Crippen LogP contribution is -1.90. The van der Waals surface area contributed by atoms with Crippen LogP contribution in [-0.2, 0) is 13.5 Å². The van der Waals surface area contributed by atoms with Crippen molar-refractivity contribution in [3.63, 3.8) is 0 Å². The number of benzene rings is 3. The van der Waals surface area contributed by atoms with Crippen LogP contribution in [0.5, 0.6) is 0 Å². The second-order valence-corrected chi connectivity index (χ2v) is 7.96. The first-order valence-corrected chi connectivity index (χ1v) is 9.91. The van der Waals surface area contributed by atoms with E-state index in [4.69, 9.17) is 0 Å². The first-order valence-electron chi connectivity index (χ1n) is 9.10. The molecule has 1 nitrogen and oxygen atoms in total. The van der Waals surface area contributed by atoms with Gasteiger partial charge < -0.3 is 4.57 Å². The molecule has 124 valence electrons. The van der Waals surface area contributed by atoms with Gasteiger partial charge in [0.2, 0.25) is 0 Å². The Labute approximate surface area is 151 Å². The second-order valence-electron chi connectivity index (χ2n) is 6.91. The average molecular weight is 343 g/mol. The first kappa shape index (κ1) is 15.0. The number of para-hydroxylation sites is 1. The Morgan fingerprint density at radius 1 is 0.880 bits per heavy atom. The Kier molecular flexibility index (Phi) is 3.36. The lowest BCUT2D eigenvalue weighted by molar-refractivity contribution is 0.799. The molecule has 0 bridgehead atoms. The van der Waals surface area contributed by atoms with E-state index < -0.39 is 0 Å². The van der Waals surface area contributed by atoms with Crippen LogP contribution in [-0.4, -0.2) is 4.57 Å². The number of aromatic nitrogens is 1. The average Bonchev–Trinajstić information content (AvgIpc) is 3.16. The maximum absolute atomic E-state index is 2.45. The Balaban J connectivity index is 2.04. The van der Waals surface area contributed by atoms with Crippen molar-refractivity contribution in [2.45, 2.75) is 26.2 Å². The van der Waals surface area contributed by atoms with E-state index in [1.165, 1.54) is 60.4 Å². The third-order valence-corrected chi connectivity index (χ3v) is 6.59. The molecule has 0 atom stereocenters. The number of rotatable bonds is 3. The number of hydrogen-bond acceptors (Lipinski definition) is 1. The number of aryl methyl sites for hydroxylation is 2. The van der Waals surface area contributed by atoms with Gasteiger partial charge in [0.1, 0.15) is 0 Å². The third-order valence-electron chi connectivity index (χ3n) is 5.41. The molecule has 0 radical (unpaired) electrons. The van der Waals surface area contributed by atoms with Crippen molar-refractivity contribution in [3.8, 4) is 0 Å². The predicted molar refractivity (Wildman–Crippen MR) is 112 cm³/mol. The number of nitrogens with zero attached hydrogens (tertiary/aromatic N) is 1. The van der Waals surface area contributed by atoms with Gasteiger partial charge in [0.05, 0.1) is 5.52 Å². The highest BCUT2D eigenvalue weighted by atomic mass is 32.1. The van der Waals surface area contributed by atoms with Crippen LogP contribution in [0.3, 0.4) is 0 Å². The number of fused-ring (bicyclic) bond motifs is 7. The van der Waals surface area contributed by atoms with Gasteiger partial charge in [-0.25, -0.2) is 0 Å². The molecule has 0 spiro atoms. The fraction of sp³-hybridized carbons (Fsp3) is 0.217. The first-order chi connectivity index (χ1) is 12.3. The van der Waals surface area contributed by atoms with E-state index >= 15 is 0 Å². The molecule has 0 aliphatic carbocycles. The van der Waals surface area contributed by atoms with Crippen LogP contribution in [0.1, 0.15) is 25.3 Å². The number of hydrogen-bond donors (Lipinski definition) is 0. The standard InChI is InChI=1S/C23H21NS/c1-3-4-9-15-14-19-22(16-10-5-7-12-18(16)24(19)2)23-21(15)17-11-6-8-13-20(17)25-23/h5-8,10-14H,3-4,9H2,1-2H3. The van der Waals surface area contributed by atoms with E-state index in [0.717, 1.165) is 6.42 Å². The van der Waals surface area contributed by atoms with Crippen LogP contribution in [0.4, 0.5) is 0 Å².